The van der Waals surface area contributed by atoms with Gasteiger partial charge in [-0.2, -0.15) is 9.86 Å². The second-order valence-electron chi connectivity index (χ2n) is 7.34. The molecule has 11 nitrogen and oxygen atoms in total. The average molecular weight is 455 g/mol. The van der Waals surface area contributed by atoms with Crippen molar-refractivity contribution in [3.05, 3.63) is 40.3 Å². The second-order valence-corrected chi connectivity index (χ2v) is 10.9. The molecule has 0 saturated heterocycles. The molecule has 2 aromatic rings. The van der Waals surface area contributed by atoms with Crippen molar-refractivity contribution in [3.63, 3.8) is 0 Å². The van der Waals surface area contributed by atoms with E-state index in [1.165, 1.54) is 18.2 Å². The van der Waals surface area contributed by atoms with Gasteiger partial charge in [0.2, 0.25) is 10.0 Å². The summed E-state index contributed by atoms with van der Waals surface area (Å²) >= 11 is 0. The van der Waals surface area contributed by atoms with Crippen LogP contribution in [0.25, 0.3) is 0 Å². The van der Waals surface area contributed by atoms with Gasteiger partial charge in [0.25, 0.3) is 5.56 Å². The average Bonchev–Trinajstić information content (AvgIpc) is 2.60. The lowest BCUT2D eigenvalue weighted by atomic mass is 10.1. The van der Waals surface area contributed by atoms with Gasteiger partial charge >= 0.3 is 7.52 Å². The van der Waals surface area contributed by atoms with Gasteiger partial charge in [0.05, 0.1) is 23.4 Å². The van der Waals surface area contributed by atoms with Gasteiger partial charge in [-0.3, -0.25) is 14.1 Å². The molecule has 0 radical (unpaired) electrons. The quantitative estimate of drug-likeness (QED) is 0.470. The van der Waals surface area contributed by atoms with Crippen LogP contribution in [0.15, 0.2) is 34.0 Å². The molecule has 0 spiro atoms. The van der Waals surface area contributed by atoms with Gasteiger partial charge in [-0.25, -0.2) is 13.1 Å². The molecular formula is C17H22N5O6PS. The molecule has 30 heavy (non-hydrogen) atoms. The first kappa shape index (κ1) is 22.0. The van der Waals surface area contributed by atoms with Crippen LogP contribution in [-0.2, 0) is 21.1 Å². The van der Waals surface area contributed by atoms with Gasteiger partial charge < -0.3 is 15.3 Å². The van der Waals surface area contributed by atoms with E-state index in [9.17, 15) is 27.8 Å². The van der Waals surface area contributed by atoms with E-state index in [1.807, 2.05) is 13.8 Å². The van der Waals surface area contributed by atoms with Gasteiger partial charge in [0.1, 0.15) is 5.56 Å². The lowest BCUT2D eigenvalue weighted by Crippen LogP contribution is -2.34. The fraction of sp³-hybridized carbons (Fsp3) is 0.353. The van der Waals surface area contributed by atoms with Crippen molar-refractivity contribution in [2.75, 3.05) is 16.3 Å². The minimum absolute atomic E-state index is 0.0915. The fourth-order valence-electron chi connectivity index (χ4n) is 2.85. The Labute approximate surface area is 173 Å². The van der Waals surface area contributed by atoms with Gasteiger partial charge in [0.15, 0.2) is 11.6 Å². The van der Waals surface area contributed by atoms with Gasteiger partial charge in [0, 0.05) is 12.2 Å². The molecule has 1 aromatic carbocycles. The highest BCUT2D eigenvalue weighted by Gasteiger charge is 2.33. The molecular weight excluding hydrogens is 433 g/mol. The van der Waals surface area contributed by atoms with Gasteiger partial charge in [-0.15, -0.1) is 0 Å². The smallest absolute Gasteiger partial charge is 0.346 e. The minimum Gasteiger partial charge on any atom is -0.505 e. The number of sulfonamides is 1. The maximum atomic E-state index is 12.8. The Kier molecular flexibility index (Phi) is 5.76. The molecule has 162 valence electrons. The monoisotopic (exact) mass is 455 g/mol. The Bertz CT molecular complexity index is 1240. The third kappa shape index (κ3) is 4.72. The summed E-state index contributed by atoms with van der Waals surface area (Å²) in [5, 5.41) is 16.7. The van der Waals surface area contributed by atoms with E-state index in [0.717, 1.165) is 17.1 Å². The van der Waals surface area contributed by atoms with Crippen molar-refractivity contribution < 1.29 is 23.0 Å². The van der Waals surface area contributed by atoms with Crippen molar-refractivity contribution in [2.45, 2.75) is 26.8 Å². The number of hydrogen-bond acceptors (Lipinski definition) is 7. The third-order valence-corrected chi connectivity index (χ3v) is 6.36. The molecule has 3 rings (SSSR count). The zero-order valence-corrected chi connectivity index (χ0v) is 18.2. The molecule has 4 N–H and O–H groups in total. The van der Waals surface area contributed by atoms with Crippen molar-refractivity contribution in [3.8, 4) is 5.75 Å². The third-order valence-electron chi connectivity index (χ3n) is 4.28. The highest BCUT2D eigenvalue weighted by molar-refractivity contribution is 7.92. The number of aryl methyl sites for hydroxylation is 1. The van der Waals surface area contributed by atoms with Crippen molar-refractivity contribution >= 4 is 40.1 Å². The predicted molar refractivity (Wildman–Crippen MR) is 114 cm³/mol. The number of nitrogens with zero attached hydrogens (tertiary/aromatic N) is 3. The largest absolute Gasteiger partial charge is 0.505 e. The Morgan fingerprint density at radius 2 is 2.03 bits per heavy atom. The van der Waals surface area contributed by atoms with E-state index < -0.39 is 28.9 Å². The SMILES string of the molecule is CC(C)CCn1ncc(O)c(C2=NP(=O)(O)c3cc(NS(C)(=O)=O)ccc3N2)c1=O. The number of amidine groups is 1. The molecule has 1 aliphatic rings. The second kappa shape index (κ2) is 7.86. The van der Waals surface area contributed by atoms with Gasteiger partial charge in [-0.05, 0) is 30.5 Å². The van der Waals surface area contributed by atoms with Crippen LogP contribution in [0.3, 0.4) is 0 Å². The molecule has 2 heterocycles. The number of fused-ring (bicyclic) bond motifs is 1. The van der Waals surface area contributed by atoms with Gasteiger partial charge in [-0.1, -0.05) is 13.8 Å². The van der Waals surface area contributed by atoms with Crippen molar-refractivity contribution in [1.82, 2.24) is 9.78 Å². The molecule has 1 aromatic heterocycles. The standard InChI is InChI=1S/C17H22N5O6PS/c1-10(2)6-7-22-17(24)15(13(23)9-18-22)16-19-12-5-4-11(21-30(3,27)28)8-14(12)29(25,26)20-16/h4-5,8-10,21,23H,6-7H2,1-3H3,(H2,19,20,25,26). The van der Waals surface area contributed by atoms with E-state index in [-0.39, 0.29) is 28.1 Å². The number of rotatable bonds is 6. The number of nitrogens with one attached hydrogen (secondary N) is 2. The summed E-state index contributed by atoms with van der Waals surface area (Å²) in [6, 6.07) is 3.97. The summed E-state index contributed by atoms with van der Waals surface area (Å²) in [4.78, 5) is 23.3. The number of hydrogen-bond donors (Lipinski definition) is 4. The first-order valence-electron chi connectivity index (χ1n) is 8.99. The number of aromatic hydroxyl groups is 1. The lowest BCUT2D eigenvalue weighted by Gasteiger charge is -2.23. The molecule has 1 atom stereocenters. The lowest BCUT2D eigenvalue weighted by molar-refractivity contribution is 0.440. The molecule has 1 aliphatic heterocycles. The first-order valence-corrected chi connectivity index (χ1v) is 12.5. The first-order chi connectivity index (χ1) is 13.9. The highest BCUT2D eigenvalue weighted by atomic mass is 32.2. The minimum atomic E-state index is -4.37. The Morgan fingerprint density at radius 3 is 2.67 bits per heavy atom. The molecule has 0 aliphatic carbocycles. The number of benzene rings is 1. The molecule has 0 fully saturated rings. The van der Waals surface area contributed by atoms with Crippen LogP contribution < -0.4 is 20.9 Å². The van der Waals surface area contributed by atoms with Crippen molar-refractivity contribution in [2.24, 2.45) is 10.7 Å². The van der Waals surface area contributed by atoms with E-state index in [0.29, 0.717) is 18.9 Å². The van der Waals surface area contributed by atoms with E-state index >= 15 is 0 Å². The fourth-order valence-corrected chi connectivity index (χ4v) is 4.69. The van der Waals surface area contributed by atoms with E-state index in [4.69, 9.17) is 0 Å². The van der Waals surface area contributed by atoms with Crippen LogP contribution in [0.1, 0.15) is 25.8 Å². The Hall–Kier alpha value is -2.69. The van der Waals surface area contributed by atoms with E-state index in [2.05, 4.69) is 19.9 Å². The Balaban J connectivity index is 2.05. The van der Waals surface area contributed by atoms with Crippen LogP contribution >= 0.6 is 7.52 Å². The zero-order chi connectivity index (χ0) is 22.3. The molecule has 13 heteroatoms. The maximum absolute atomic E-state index is 12.8. The van der Waals surface area contributed by atoms with Crippen LogP contribution in [0.2, 0.25) is 0 Å². The van der Waals surface area contributed by atoms with Crippen LogP contribution in [0.5, 0.6) is 5.75 Å². The maximum Gasteiger partial charge on any atom is 0.346 e. The van der Waals surface area contributed by atoms with E-state index in [1.54, 1.807) is 0 Å². The molecule has 0 amide bonds. The van der Waals surface area contributed by atoms with Crippen molar-refractivity contribution in [1.29, 1.82) is 0 Å². The number of anilines is 2. The van der Waals surface area contributed by atoms with Crippen LogP contribution in [-0.4, -0.2) is 40.3 Å². The summed E-state index contributed by atoms with van der Waals surface area (Å²) < 4.78 is 42.8. The highest BCUT2D eigenvalue weighted by Crippen LogP contribution is 2.47. The number of aromatic nitrogens is 2. The summed E-state index contributed by atoms with van der Waals surface area (Å²) in [6.45, 7) is 4.29. The molecule has 0 saturated carbocycles. The molecule has 0 bridgehead atoms. The summed E-state index contributed by atoms with van der Waals surface area (Å²) in [6.07, 6.45) is 2.71. The van der Waals surface area contributed by atoms with Crippen LogP contribution in [0, 0.1) is 5.92 Å². The summed E-state index contributed by atoms with van der Waals surface area (Å²) in [5.74, 6) is -0.424. The zero-order valence-electron chi connectivity index (χ0n) is 16.5. The topological polar surface area (TPSA) is 163 Å². The summed E-state index contributed by atoms with van der Waals surface area (Å²) in [5.41, 5.74) is -0.671. The predicted octanol–water partition coefficient (Wildman–Crippen LogP) is 1.05. The normalized spacial score (nSPS) is 18.5. The summed E-state index contributed by atoms with van der Waals surface area (Å²) in [7, 11) is -7.95. The van der Waals surface area contributed by atoms with Crippen LogP contribution in [0.4, 0.5) is 11.4 Å². The molecule has 1 unspecified atom stereocenters. The Morgan fingerprint density at radius 1 is 1.33 bits per heavy atom.